The molecule has 36 heavy (non-hydrogen) atoms. The van der Waals surface area contributed by atoms with Crippen molar-refractivity contribution in [3.05, 3.63) is 92.4 Å². The van der Waals surface area contributed by atoms with E-state index in [9.17, 15) is 22.8 Å². The Morgan fingerprint density at radius 1 is 0.917 bits per heavy atom. The van der Waals surface area contributed by atoms with Crippen molar-refractivity contribution in [3.8, 4) is 5.75 Å². The molecule has 8 nitrogen and oxygen atoms in total. The summed E-state index contributed by atoms with van der Waals surface area (Å²) >= 11 is 18.4. The van der Waals surface area contributed by atoms with Crippen molar-refractivity contribution in [1.82, 2.24) is 5.32 Å². The zero-order valence-electron chi connectivity index (χ0n) is 18.3. The number of aryl methyl sites for hydroxylation is 1. The minimum atomic E-state index is -4.33. The Balaban J connectivity index is 1.82. The first-order chi connectivity index (χ1) is 17.0. The average molecular weight is 566 g/mol. The lowest BCUT2D eigenvalue weighted by molar-refractivity contribution is -0.122. The van der Waals surface area contributed by atoms with Crippen LogP contribution >= 0.6 is 34.8 Å². The molecule has 4 amide bonds. The largest absolute Gasteiger partial charge is 0.377 e. The van der Waals surface area contributed by atoms with Crippen LogP contribution in [0.5, 0.6) is 5.75 Å². The van der Waals surface area contributed by atoms with Crippen LogP contribution in [0.3, 0.4) is 0 Å². The highest BCUT2D eigenvalue weighted by Gasteiger charge is 2.38. The van der Waals surface area contributed by atoms with E-state index in [4.69, 9.17) is 39.0 Å². The number of carbonyl (C=O) groups excluding carboxylic acids is 3. The van der Waals surface area contributed by atoms with Crippen LogP contribution in [-0.4, -0.2) is 26.3 Å². The lowest BCUT2D eigenvalue weighted by atomic mass is 10.0. The summed E-state index contributed by atoms with van der Waals surface area (Å²) < 4.78 is 30.9. The molecule has 0 aromatic heterocycles. The van der Waals surface area contributed by atoms with Gasteiger partial charge in [-0.1, -0.05) is 59.1 Å². The van der Waals surface area contributed by atoms with Crippen molar-refractivity contribution in [2.24, 2.45) is 0 Å². The molecule has 3 aromatic rings. The fraction of sp³-hybridized carbons (Fsp3) is 0.0417. The third kappa shape index (κ3) is 5.10. The van der Waals surface area contributed by atoms with E-state index >= 15 is 0 Å². The topological polar surface area (TPSA) is 110 Å². The molecule has 1 heterocycles. The molecule has 1 aliphatic rings. The molecule has 4 rings (SSSR count). The van der Waals surface area contributed by atoms with Gasteiger partial charge in [0.05, 0.1) is 10.7 Å². The van der Waals surface area contributed by atoms with Crippen LogP contribution in [0.4, 0.5) is 10.5 Å². The van der Waals surface area contributed by atoms with Crippen molar-refractivity contribution in [3.63, 3.8) is 0 Å². The predicted molar refractivity (Wildman–Crippen MR) is 136 cm³/mol. The number of benzene rings is 3. The van der Waals surface area contributed by atoms with Crippen LogP contribution in [0.15, 0.2) is 71.1 Å². The van der Waals surface area contributed by atoms with Crippen LogP contribution in [0.2, 0.25) is 15.1 Å². The number of halogens is 3. The number of rotatable bonds is 5. The van der Waals surface area contributed by atoms with Gasteiger partial charge in [-0.05, 0) is 55.0 Å². The average Bonchev–Trinajstić information content (AvgIpc) is 2.81. The summed E-state index contributed by atoms with van der Waals surface area (Å²) in [5.41, 5.74) is 0.132. The Kier molecular flexibility index (Phi) is 7.10. The maximum absolute atomic E-state index is 13.3. The third-order valence-corrected chi connectivity index (χ3v) is 7.05. The van der Waals surface area contributed by atoms with E-state index < -0.39 is 33.5 Å². The monoisotopic (exact) mass is 564 g/mol. The van der Waals surface area contributed by atoms with Crippen molar-refractivity contribution >= 4 is 74.5 Å². The smallest absolute Gasteiger partial charge is 0.339 e. The molecule has 0 atom stereocenters. The zero-order valence-corrected chi connectivity index (χ0v) is 21.4. The van der Waals surface area contributed by atoms with Gasteiger partial charge in [-0.25, -0.2) is 9.69 Å². The van der Waals surface area contributed by atoms with E-state index in [2.05, 4.69) is 5.32 Å². The Morgan fingerprint density at radius 2 is 1.61 bits per heavy atom. The van der Waals surface area contributed by atoms with Gasteiger partial charge in [-0.15, -0.1) is 0 Å². The molecule has 0 unspecified atom stereocenters. The second-order valence-electron chi connectivity index (χ2n) is 7.55. The lowest BCUT2D eigenvalue weighted by Crippen LogP contribution is -2.54. The molecule has 0 saturated carbocycles. The summed E-state index contributed by atoms with van der Waals surface area (Å²) in [5.74, 6) is -2.34. The minimum absolute atomic E-state index is 0.0809. The molecule has 1 fully saturated rings. The minimum Gasteiger partial charge on any atom is -0.377 e. The van der Waals surface area contributed by atoms with Crippen LogP contribution < -0.4 is 14.4 Å². The van der Waals surface area contributed by atoms with Crippen molar-refractivity contribution in [2.75, 3.05) is 4.90 Å². The molecule has 3 aromatic carbocycles. The molecule has 0 aliphatic carbocycles. The van der Waals surface area contributed by atoms with E-state index in [1.165, 1.54) is 42.5 Å². The summed E-state index contributed by atoms with van der Waals surface area (Å²) in [6.07, 6.45) is 1.05. The van der Waals surface area contributed by atoms with Crippen LogP contribution in [0, 0.1) is 6.92 Å². The fourth-order valence-corrected chi connectivity index (χ4v) is 5.13. The fourth-order valence-electron chi connectivity index (χ4n) is 3.38. The van der Waals surface area contributed by atoms with Gasteiger partial charge in [0.1, 0.15) is 10.5 Å². The Morgan fingerprint density at radius 3 is 2.31 bits per heavy atom. The Bertz CT molecular complexity index is 1560. The van der Waals surface area contributed by atoms with Gasteiger partial charge >= 0.3 is 16.1 Å². The van der Waals surface area contributed by atoms with E-state index in [1.807, 2.05) is 0 Å². The highest BCUT2D eigenvalue weighted by Crippen LogP contribution is 2.37. The summed E-state index contributed by atoms with van der Waals surface area (Å²) in [5, 5.41) is 2.25. The number of amides is 4. The number of nitrogens with zero attached hydrogens (tertiary/aromatic N) is 1. The molecule has 12 heteroatoms. The van der Waals surface area contributed by atoms with E-state index in [1.54, 1.807) is 25.1 Å². The molecule has 1 N–H and O–H groups in total. The highest BCUT2D eigenvalue weighted by molar-refractivity contribution is 7.87. The number of imide groups is 2. The molecule has 1 saturated heterocycles. The molecule has 0 radical (unpaired) electrons. The van der Waals surface area contributed by atoms with Gasteiger partial charge in [-0.3, -0.25) is 14.9 Å². The molecule has 0 bridgehead atoms. The summed E-state index contributed by atoms with van der Waals surface area (Å²) in [4.78, 5) is 39.1. The van der Waals surface area contributed by atoms with E-state index in [0.717, 1.165) is 11.0 Å². The van der Waals surface area contributed by atoms with Crippen LogP contribution in [-0.2, 0) is 19.7 Å². The zero-order chi connectivity index (χ0) is 26.2. The first-order valence-corrected chi connectivity index (χ1v) is 12.7. The SMILES string of the molecule is Cc1ccc(Cl)cc1N1C(=O)NC(=O)/C(=C\c2cc(Cl)cc(Cl)c2OS(=O)(=O)c2ccccc2)C1=O. The number of hydrogen-bond donors (Lipinski definition) is 1. The summed E-state index contributed by atoms with van der Waals surface area (Å²) in [6.45, 7) is 1.66. The maximum atomic E-state index is 13.3. The Labute approximate surface area is 221 Å². The second-order valence-corrected chi connectivity index (χ2v) is 10.4. The normalized spacial score (nSPS) is 15.3. The van der Waals surface area contributed by atoms with Crippen molar-refractivity contribution < 1.29 is 27.0 Å². The van der Waals surface area contributed by atoms with Gasteiger partial charge < -0.3 is 4.18 Å². The van der Waals surface area contributed by atoms with Crippen molar-refractivity contribution in [1.29, 1.82) is 0 Å². The van der Waals surface area contributed by atoms with Gasteiger partial charge in [-0.2, -0.15) is 8.42 Å². The molecule has 1 aliphatic heterocycles. The quantitative estimate of drug-likeness (QED) is 0.252. The second kappa shape index (κ2) is 9.94. The molecule has 0 spiro atoms. The summed E-state index contributed by atoms with van der Waals surface area (Å²) in [7, 11) is -4.33. The predicted octanol–water partition coefficient (Wildman–Crippen LogP) is 5.39. The molecule has 184 valence electrons. The number of carbonyl (C=O) groups is 3. The van der Waals surface area contributed by atoms with Gasteiger partial charge in [0.2, 0.25) is 0 Å². The molecular formula is C24H15Cl3N2O6S. The standard InChI is InChI=1S/C24H15Cl3N2O6S/c1-13-7-8-15(25)12-20(13)29-23(31)18(22(30)28-24(29)32)10-14-9-16(26)11-19(27)21(14)35-36(33,34)17-5-3-2-4-6-17/h2-12H,1H3,(H,28,30,32)/b18-10+. The van der Waals surface area contributed by atoms with E-state index in [-0.39, 0.29) is 37.0 Å². The number of nitrogens with one attached hydrogen (secondary N) is 1. The lowest BCUT2D eigenvalue weighted by Gasteiger charge is -2.27. The van der Waals surface area contributed by atoms with Crippen LogP contribution in [0.25, 0.3) is 6.08 Å². The number of barbiturate groups is 1. The first-order valence-electron chi connectivity index (χ1n) is 10.1. The van der Waals surface area contributed by atoms with Gasteiger partial charge in [0.15, 0.2) is 5.75 Å². The van der Waals surface area contributed by atoms with E-state index in [0.29, 0.717) is 5.56 Å². The van der Waals surface area contributed by atoms with Gasteiger partial charge in [0, 0.05) is 15.6 Å². The first kappa shape index (κ1) is 25.7. The molecular weight excluding hydrogens is 551 g/mol. The number of anilines is 1. The number of hydrogen-bond acceptors (Lipinski definition) is 6. The van der Waals surface area contributed by atoms with Crippen LogP contribution in [0.1, 0.15) is 11.1 Å². The van der Waals surface area contributed by atoms with Gasteiger partial charge in [0.25, 0.3) is 11.8 Å². The number of urea groups is 1. The Hall–Kier alpha value is -3.37. The third-order valence-electron chi connectivity index (χ3n) is 5.08. The maximum Gasteiger partial charge on any atom is 0.339 e. The summed E-state index contributed by atoms with van der Waals surface area (Å²) in [6, 6.07) is 13.4. The van der Waals surface area contributed by atoms with Crippen molar-refractivity contribution in [2.45, 2.75) is 11.8 Å². The highest BCUT2D eigenvalue weighted by atomic mass is 35.5.